The summed E-state index contributed by atoms with van der Waals surface area (Å²) in [7, 11) is 0. The molecule has 0 spiro atoms. The summed E-state index contributed by atoms with van der Waals surface area (Å²) in [5.74, 6) is -0.278. The second-order valence-electron chi connectivity index (χ2n) is 2.65. The van der Waals surface area contributed by atoms with Crippen LogP contribution in [-0.4, -0.2) is 21.1 Å². The van der Waals surface area contributed by atoms with Crippen LogP contribution >= 0.6 is 0 Å². The predicted molar refractivity (Wildman–Crippen MR) is 46.7 cm³/mol. The molecule has 0 aliphatic heterocycles. The number of aromatic nitrogens is 3. The molecule has 0 unspecified atom stereocenters. The summed E-state index contributed by atoms with van der Waals surface area (Å²) < 4.78 is 14.2. The molecular weight excluding hydrogens is 185 g/mol. The first-order chi connectivity index (χ1) is 6.79. The Bertz CT molecular complexity index is 467. The SMILES string of the molecule is O=Cc1ncn(-c2cccc(F)c2)n1. The molecule has 14 heavy (non-hydrogen) atoms. The maximum atomic E-state index is 12.8. The van der Waals surface area contributed by atoms with E-state index in [1.165, 1.54) is 23.1 Å². The average Bonchev–Trinajstić information content (AvgIpc) is 2.66. The van der Waals surface area contributed by atoms with Crippen molar-refractivity contribution in [3.8, 4) is 5.69 Å². The molecule has 0 aliphatic carbocycles. The Morgan fingerprint density at radius 1 is 1.43 bits per heavy atom. The highest BCUT2D eigenvalue weighted by molar-refractivity contribution is 5.68. The third-order valence-electron chi connectivity index (χ3n) is 1.69. The van der Waals surface area contributed by atoms with Crippen LogP contribution in [0.5, 0.6) is 0 Å². The van der Waals surface area contributed by atoms with Crippen molar-refractivity contribution in [2.75, 3.05) is 0 Å². The van der Waals surface area contributed by atoms with Gasteiger partial charge in [0.05, 0.1) is 5.69 Å². The van der Waals surface area contributed by atoms with Crippen LogP contribution in [0, 0.1) is 5.82 Å². The molecule has 70 valence electrons. The zero-order valence-corrected chi connectivity index (χ0v) is 7.09. The molecule has 2 rings (SSSR count). The smallest absolute Gasteiger partial charge is 0.214 e. The van der Waals surface area contributed by atoms with Crippen LogP contribution in [0.15, 0.2) is 30.6 Å². The summed E-state index contributed by atoms with van der Waals surface area (Å²) in [6.45, 7) is 0. The second kappa shape index (κ2) is 3.37. The maximum Gasteiger partial charge on any atom is 0.214 e. The molecule has 4 nitrogen and oxygen atoms in total. The highest BCUT2D eigenvalue weighted by Gasteiger charge is 2.01. The molecule has 5 heteroatoms. The van der Waals surface area contributed by atoms with Crippen molar-refractivity contribution < 1.29 is 9.18 Å². The van der Waals surface area contributed by atoms with Crippen molar-refractivity contribution in [3.05, 3.63) is 42.2 Å². The molecular formula is C9H6FN3O. The molecule has 0 saturated carbocycles. The van der Waals surface area contributed by atoms with Gasteiger partial charge < -0.3 is 0 Å². The summed E-state index contributed by atoms with van der Waals surface area (Å²) in [5, 5.41) is 3.81. The fraction of sp³-hybridized carbons (Fsp3) is 0. The Hall–Kier alpha value is -2.04. The fourth-order valence-corrected chi connectivity index (χ4v) is 1.07. The van der Waals surface area contributed by atoms with Crippen LogP contribution in [0.1, 0.15) is 10.6 Å². The molecule has 0 atom stereocenters. The Kier molecular flexibility index (Phi) is 2.06. The van der Waals surface area contributed by atoms with Gasteiger partial charge in [-0.05, 0) is 18.2 Å². The summed E-state index contributed by atoms with van der Waals surface area (Å²) in [4.78, 5) is 14.0. The van der Waals surface area contributed by atoms with E-state index in [4.69, 9.17) is 0 Å². The molecule has 2 aromatic rings. The number of carbonyl (C=O) groups excluding carboxylic acids is 1. The quantitative estimate of drug-likeness (QED) is 0.670. The third-order valence-corrected chi connectivity index (χ3v) is 1.69. The first-order valence-electron chi connectivity index (χ1n) is 3.92. The van der Waals surface area contributed by atoms with E-state index in [2.05, 4.69) is 10.1 Å². The van der Waals surface area contributed by atoms with Crippen LogP contribution in [-0.2, 0) is 0 Å². The van der Waals surface area contributed by atoms with Crippen LogP contribution in [0.4, 0.5) is 4.39 Å². The van der Waals surface area contributed by atoms with Crippen LogP contribution in [0.25, 0.3) is 5.69 Å². The van der Waals surface area contributed by atoms with E-state index in [0.29, 0.717) is 12.0 Å². The minimum atomic E-state index is -0.356. The highest BCUT2D eigenvalue weighted by atomic mass is 19.1. The Morgan fingerprint density at radius 2 is 2.29 bits per heavy atom. The Labute approximate surface area is 79.0 Å². The molecule has 0 amide bonds. The first-order valence-corrected chi connectivity index (χ1v) is 3.92. The molecule has 0 aliphatic rings. The molecule has 0 fully saturated rings. The van der Waals surface area contributed by atoms with E-state index in [9.17, 15) is 9.18 Å². The van der Waals surface area contributed by atoms with Crippen molar-refractivity contribution >= 4 is 6.29 Å². The van der Waals surface area contributed by atoms with Gasteiger partial charge in [0.2, 0.25) is 5.82 Å². The Morgan fingerprint density at radius 3 is 2.93 bits per heavy atom. The number of nitrogens with zero attached hydrogens (tertiary/aromatic N) is 3. The van der Waals surface area contributed by atoms with Gasteiger partial charge in [0.15, 0.2) is 6.29 Å². The van der Waals surface area contributed by atoms with E-state index >= 15 is 0 Å². The molecule has 0 bridgehead atoms. The van der Waals surface area contributed by atoms with Crippen LogP contribution in [0.3, 0.4) is 0 Å². The van der Waals surface area contributed by atoms with E-state index in [1.54, 1.807) is 12.1 Å². The molecule has 1 aromatic carbocycles. The minimum absolute atomic E-state index is 0.0780. The monoisotopic (exact) mass is 191 g/mol. The van der Waals surface area contributed by atoms with Gasteiger partial charge >= 0.3 is 0 Å². The van der Waals surface area contributed by atoms with E-state index in [-0.39, 0.29) is 11.6 Å². The molecule has 0 N–H and O–H groups in total. The van der Waals surface area contributed by atoms with E-state index in [1.807, 2.05) is 0 Å². The lowest BCUT2D eigenvalue weighted by Crippen LogP contribution is -1.95. The van der Waals surface area contributed by atoms with Gasteiger partial charge in [-0.25, -0.2) is 14.1 Å². The van der Waals surface area contributed by atoms with Crippen LogP contribution < -0.4 is 0 Å². The zero-order valence-electron chi connectivity index (χ0n) is 7.09. The van der Waals surface area contributed by atoms with Crippen molar-refractivity contribution in [3.63, 3.8) is 0 Å². The number of carbonyl (C=O) groups is 1. The lowest BCUT2D eigenvalue weighted by Gasteiger charge is -1.98. The Balaban J connectivity index is 2.43. The number of halogens is 1. The highest BCUT2D eigenvalue weighted by Crippen LogP contribution is 2.07. The molecule has 0 saturated heterocycles. The fourth-order valence-electron chi connectivity index (χ4n) is 1.07. The lowest BCUT2D eigenvalue weighted by atomic mass is 10.3. The second-order valence-corrected chi connectivity index (χ2v) is 2.65. The van der Waals surface area contributed by atoms with Crippen molar-refractivity contribution in [2.24, 2.45) is 0 Å². The van der Waals surface area contributed by atoms with Gasteiger partial charge in [-0.2, -0.15) is 0 Å². The third kappa shape index (κ3) is 1.52. The summed E-state index contributed by atoms with van der Waals surface area (Å²) in [5.41, 5.74) is 0.533. The topological polar surface area (TPSA) is 47.8 Å². The van der Waals surface area contributed by atoms with Gasteiger partial charge in [-0.15, -0.1) is 5.10 Å². The molecule has 0 radical (unpaired) electrons. The summed E-state index contributed by atoms with van der Waals surface area (Å²) >= 11 is 0. The molecule has 1 heterocycles. The standard InChI is InChI=1S/C9H6FN3O/c10-7-2-1-3-8(4-7)13-6-11-9(5-14)12-13/h1-6H. The zero-order chi connectivity index (χ0) is 9.97. The minimum Gasteiger partial charge on any atom is -0.294 e. The average molecular weight is 191 g/mol. The number of rotatable bonds is 2. The van der Waals surface area contributed by atoms with Gasteiger partial charge in [0.25, 0.3) is 0 Å². The van der Waals surface area contributed by atoms with Gasteiger partial charge in [-0.1, -0.05) is 6.07 Å². The lowest BCUT2D eigenvalue weighted by molar-refractivity contribution is 0.111. The van der Waals surface area contributed by atoms with Gasteiger partial charge in [-0.3, -0.25) is 4.79 Å². The molecule has 1 aromatic heterocycles. The van der Waals surface area contributed by atoms with Gasteiger partial charge in [0.1, 0.15) is 12.1 Å². The van der Waals surface area contributed by atoms with Crippen molar-refractivity contribution in [1.29, 1.82) is 0 Å². The van der Waals surface area contributed by atoms with E-state index < -0.39 is 0 Å². The van der Waals surface area contributed by atoms with Gasteiger partial charge in [0, 0.05) is 0 Å². The van der Waals surface area contributed by atoms with Crippen molar-refractivity contribution in [2.45, 2.75) is 0 Å². The number of hydrogen-bond donors (Lipinski definition) is 0. The van der Waals surface area contributed by atoms with Crippen molar-refractivity contribution in [1.82, 2.24) is 14.8 Å². The number of hydrogen-bond acceptors (Lipinski definition) is 3. The maximum absolute atomic E-state index is 12.8. The summed E-state index contributed by atoms with van der Waals surface area (Å²) in [6, 6.07) is 5.88. The predicted octanol–water partition coefficient (Wildman–Crippen LogP) is 1.22. The van der Waals surface area contributed by atoms with Crippen LogP contribution in [0.2, 0.25) is 0 Å². The largest absolute Gasteiger partial charge is 0.294 e. The first kappa shape index (κ1) is 8.55. The van der Waals surface area contributed by atoms with E-state index in [0.717, 1.165) is 0 Å². The normalized spacial score (nSPS) is 10.1. The number of aldehydes is 1. The summed E-state index contributed by atoms with van der Waals surface area (Å²) in [6.07, 6.45) is 1.90. The number of benzene rings is 1.